The molecule has 0 aliphatic heterocycles. The zero-order chi connectivity index (χ0) is 13.0. The number of carbonyl (C=O) groups excluding carboxylic acids is 2. The van der Waals surface area contributed by atoms with Crippen LogP contribution in [0.4, 0.5) is 10.5 Å². The highest BCUT2D eigenvalue weighted by molar-refractivity contribution is 8.14. The van der Waals surface area contributed by atoms with Gasteiger partial charge in [-0.15, -0.1) is 0 Å². The van der Waals surface area contributed by atoms with Gasteiger partial charge in [-0.25, -0.2) is 0 Å². The van der Waals surface area contributed by atoms with Crippen molar-refractivity contribution in [3.63, 3.8) is 0 Å². The minimum absolute atomic E-state index is 0.0437. The van der Waals surface area contributed by atoms with Crippen LogP contribution in [-0.4, -0.2) is 16.9 Å². The van der Waals surface area contributed by atoms with Gasteiger partial charge in [-0.05, 0) is 31.9 Å². The molecule has 0 bridgehead atoms. The first-order valence-electron chi connectivity index (χ1n) is 5.20. The van der Waals surface area contributed by atoms with Crippen molar-refractivity contribution >= 4 is 28.6 Å². The predicted molar refractivity (Wildman–Crippen MR) is 71.3 cm³/mol. The second-order valence-corrected chi connectivity index (χ2v) is 4.91. The van der Waals surface area contributed by atoms with Crippen LogP contribution in [0.2, 0.25) is 0 Å². The molecule has 1 rings (SSSR count). The molecule has 1 aromatic carbocycles. The maximum atomic E-state index is 11.6. The zero-order valence-corrected chi connectivity index (χ0v) is 11.0. The monoisotopic (exact) mass is 252 g/mol. The number of hydrogen-bond acceptors (Lipinski definition) is 3. The van der Waals surface area contributed by atoms with E-state index in [0.717, 1.165) is 34.1 Å². The van der Waals surface area contributed by atoms with Crippen LogP contribution in [0.3, 0.4) is 0 Å². The van der Waals surface area contributed by atoms with E-state index in [1.807, 2.05) is 32.9 Å². The van der Waals surface area contributed by atoms with E-state index in [0.29, 0.717) is 0 Å². The van der Waals surface area contributed by atoms with Crippen LogP contribution in [0.25, 0.3) is 0 Å². The Morgan fingerprint density at radius 3 is 2.24 bits per heavy atom. The smallest absolute Gasteiger partial charge is 0.276 e. The molecule has 0 unspecified atom stereocenters. The van der Waals surface area contributed by atoms with Crippen molar-refractivity contribution in [2.75, 3.05) is 11.1 Å². The number of hydrogen-bond donors (Lipinski definition) is 2. The fourth-order valence-corrected chi connectivity index (χ4v) is 2.03. The van der Waals surface area contributed by atoms with Gasteiger partial charge in [-0.1, -0.05) is 29.5 Å². The molecule has 4 nitrogen and oxygen atoms in total. The van der Waals surface area contributed by atoms with Gasteiger partial charge in [0, 0.05) is 5.69 Å². The quantitative estimate of drug-likeness (QED) is 0.867. The number of primary amides is 1. The number of nitrogens with two attached hydrogens (primary N) is 1. The van der Waals surface area contributed by atoms with E-state index in [4.69, 9.17) is 5.73 Å². The lowest BCUT2D eigenvalue weighted by molar-refractivity contribution is -0.113. The van der Waals surface area contributed by atoms with E-state index in [1.54, 1.807) is 0 Å². The van der Waals surface area contributed by atoms with Gasteiger partial charge in [-0.2, -0.15) is 0 Å². The molecule has 0 aliphatic carbocycles. The normalized spacial score (nSPS) is 10.1. The van der Waals surface area contributed by atoms with Crippen molar-refractivity contribution < 1.29 is 9.59 Å². The highest BCUT2D eigenvalue weighted by Crippen LogP contribution is 2.22. The average Bonchev–Trinajstić information content (AvgIpc) is 2.20. The number of carbonyl (C=O) groups is 2. The Kier molecular flexibility index (Phi) is 4.57. The second kappa shape index (κ2) is 5.72. The molecule has 0 aliphatic rings. The van der Waals surface area contributed by atoms with Gasteiger partial charge >= 0.3 is 0 Å². The number of aryl methyl sites for hydroxylation is 3. The summed E-state index contributed by atoms with van der Waals surface area (Å²) in [6, 6.07) is 4.01. The number of nitrogens with one attached hydrogen (secondary N) is 1. The molecule has 0 radical (unpaired) electrons. The summed E-state index contributed by atoms with van der Waals surface area (Å²) in [5.41, 5.74) is 8.95. The summed E-state index contributed by atoms with van der Waals surface area (Å²) in [6.07, 6.45) is 0. The minimum atomic E-state index is -0.544. The molecule has 0 aromatic heterocycles. The number of rotatable bonds is 3. The molecular weight excluding hydrogens is 236 g/mol. The average molecular weight is 252 g/mol. The van der Waals surface area contributed by atoms with Crippen molar-refractivity contribution in [1.82, 2.24) is 0 Å². The lowest BCUT2D eigenvalue weighted by atomic mass is 10.1. The molecule has 1 aromatic rings. The summed E-state index contributed by atoms with van der Waals surface area (Å²) >= 11 is 0.800. The van der Waals surface area contributed by atoms with Crippen molar-refractivity contribution in [3.05, 3.63) is 28.8 Å². The highest BCUT2D eigenvalue weighted by atomic mass is 32.2. The number of thioether (sulfide) groups is 1. The Morgan fingerprint density at radius 1 is 1.24 bits per heavy atom. The third kappa shape index (κ3) is 4.11. The first-order chi connectivity index (χ1) is 7.90. The van der Waals surface area contributed by atoms with E-state index in [-0.39, 0.29) is 11.7 Å². The molecule has 2 amide bonds. The summed E-state index contributed by atoms with van der Waals surface area (Å²) in [4.78, 5) is 22.1. The maximum Gasteiger partial charge on any atom is 0.276 e. The lowest BCUT2D eigenvalue weighted by Gasteiger charge is -2.12. The van der Waals surface area contributed by atoms with Crippen LogP contribution in [0.1, 0.15) is 16.7 Å². The summed E-state index contributed by atoms with van der Waals surface area (Å²) < 4.78 is 0. The first kappa shape index (κ1) is 13.6. The molecule has 5 heteroatoms. The van der Waals surface area contributed by atoms with Crippen LogP contribution < -0.4 is 11.1 Å². The molecule has 3 N–H and O–H groups in total. The van der Waals surface area contributed by atoms with Gasteiger partial charge in [0.25, 0.3) is 5.24 Å². The minimum Gasteiger partial charge on any atom is -0.361 e. The zero-order valence-electron chi connectivity index (χ0n) is 10.2. The summed E-state index contributed by atoms with van der Waals surface area (Å²) in [6.45, 7) is 5.89. The van der Waals surface area contributed by atoms with Crippen molar-refractivity contribution in [2.45, 2.75) is 20.8 Å². The summed E-state index contributed by atoms with van der Waals surface area (Å²) in [7, 11) is 0. The largest absolute Gasteiger partial charge is 0.361 e. The van der Waals surface area contributed by atoms with Crippen LogP contribution in [0, 0.1) is 20.8 Å². The number of benzene rings is 1. The SMILES string of the molecule is Cc1cc(C)c(NC(=O)CSC(N)=O)c(C)c1. The molecule has 0 saturated heterocycles. The Hall–Kier alpha value is -1.49. The van der Waals surface area contributed by atoms with Crippen LogP contribution in [0.15, 0.2) is 12.1 Å². The van der Waals surface area contributed by atoms with Gasteiger partial charge in [0.1, 0.15) is 0 Å². The second-order valence-electron chi connectivity index (χ2n) is 3.93. The molecular formula is C12H16N2O2S. The fraction of sp³-hybridized carbons (Fsp3) is 0.333. The van der Waals surface area contributed by atoms with Crippen LogP contribution >= 0.6 is 11.8 Å². The summed E-state index contributed by atoms with van der Waals surface area (Å²) in [5.74, 6) is -0.175. The molecule has 92 valence electrons. The molecule has 0 fully saturated rings. The van der Waals surface area contributed by atoms with Gasteiger partial charge in [0.15, 0.2) is 0 Å². The van der Waals surface area contributed by atoms with E-state index >= 15 is 0 Å². The van der Waals surface area contributed by atoms with Crippen LogP contribution in [0.5, 0.6) is 0 Å². The standard InChI is InChI=1S/C12H16N2O2S/c1-7-4-8(2)11(9(3)5-7)14-10(15)6-17-12(13)16/h4-5H,6H2,1-3H3,(H2,13,16)(H,14,15). The Balaban J connectivity index is 2.75. The van der Waals surface area contributed by atoms with Gasteiger partial charge in [0.2, 0.25) is 5.91 Å². The third-order valence-electron chi connectivity index (χ3n) is 2.29. The maximum absolute atomic E-state index is 11.6. The highest BCUT2D eigenvalue weighted by Gasteiger charge is 2.09. The predicted octanol–water partition coefficient (Wildman–Crippen LogP) is 2.36. The molecule has 0 heterocycles. The molecule has 17 heavy (non-hydrogen) atoms. The Labute approximate surface area is 105 Å². The van der Waals surface area contributed by atoms with E-state index in [9.17, 15) is 9.59 Å². The Bertz CT molecular complexity index is 435. The topological polar surface area (TPSA) is 72.2 Å². The Morgan fingerprint density at radius 2 is 1.76 bits per heavy atom. The number of amides is 2. The number of anilines is 1. The summed E-state index contributed by atoms with van der Waals surface area (Å²) in [5, 5.41) is 2.25. The van der Waals surface area contributed by atoms with Crippen molar-refractivity contribution in [1.29, 1.82) is 0 Å². The van der Waals surface area contributed by atoms with E-state index < -0.39 is 5.24 Å². The molecule has 0 spiro atoms. The third-order valence-corrected chi connectivity index (χ3v) is 2.98. The van der Waals surface area contributed by atoms with E-state index in [1.165, 1.54) is 0 Å². The lowest BCUT2D eigenvalue weighted by Crippen LogP contribution is -2.18. The van der Waals surface area contributed by atoms with Crippen molar-refractivity contribution in [3.8, 4) is 0 Å². The van der Waals surface area contributed by atoms with Crippen molar-refractivity contribution in [2.24, 2.45) is 5.73 Å². The van der Waals surface area contributed by atoms with Crippen LogP contribution in [-0.2, 0) is 4.79 Å². The van der Waals surface area contributed by atoms with Gasteiger partial charge < -0.3 is 11.1 Å². The van der Waals surface area contributed by atoms with Gasteiger partial charge in [0.05, 0.1) is 5.75 Å². The molecule has 0 atom stereocenters. The molecule has 0 saturated carbocycles. The first-order valence-corrected chi connectivity index (χ1v) is 6.18. The van der Waals surface area contributed by atoms with E-state index in [2.05, 4.69) is 5.32 Å². The fourth-order valence-electron chi connectivity index (χ4n) is 1.69. The van der Waals surface area contributed by atoms with Gasteiger partial charge in [-0.3, -0.25) is 9.59 Å².